The highest BCUT2D eigenvalue weighted by atomic mass is 16.5. The largest absolute Gasteiger partial charge is 0.496 e. The lowest BCUT2D eigenvalue weighted by Crippen LogP contribution is -2.43. The molecular formula is C19H21NO5. The second-order valence-electron chi connectivity index (χ2n) is 5.47. The number of amides is 1. The normalized spacial score (nSPS) is 11.4. The van der Waals surface area contributed by atoms with Gasteiger partial charge in [0.05, 0.1) is 20.6 Å². The van der Waals surface area contributed by atoms with Gasteiger partial charge in [0.1, 0.15) is 17.5 Å². The van der Waals surface area contributed by atoms with E-state index in [1.54, 1.807) is 18.2 Å². The van der Waals surface area contributed by atoms with Crippen LogP contribution in [0.15, 0.2) is 48.5 Å². The first-order valence-corrected chi connectivity index (χ1v) is 7.81. The molecule has 0 heterocycles. The summed E-state index contributed by atoms with van der Waals surface area (Å²) in [5, 5.41) is 12.0. The van der Waals surface area contributed by atoms with Gasteiger partial charge in [0, 0.05) is 12.0 Å². The number of ether oxygens (including phenoxy) is 2. The van der Waals surface area contributed by atoms with Crippen molar-refractivity contribution in [3.63, 3.8) is 0 Å². The maximum Gasteiger partial charge on any atom is 0.326 e. The Morgan fingerprint density at radius 2 is 1.60 bits per heavy atom. The summed E-state index contributed by atoms with van der Waals surface area (Å²) in [5.41, 5.74) is 1.42. The molecule has 0 aliphatic rings. The number of carboxylic acid groups (broad SMARTS) is 1. The van der Waals surface area contributed by atoms with Crippen LogP contribution in [0.4, 0.5) is 0 Å². The van der Waals surface area contributed by atoms with Crippen LogP contribution in [0, 0.1) is 0 Å². The Labute approximate surface area is 146 Å². The average Bonchev–Trinajstić information content (AvgIpc) is 2.62. The third-order valence-electron chi connectivity index (χ3n) is 3.78. The first kappa shape index (κ1) is 18.3. The average molecular weight is 343 g/mol. The molecule has 0 aromatic heterocycles. The van der Waals surface area contributed by atoms with Crippen molar-refractivity contribution >= 4 is 11.9 Å². The summed E-state index contributed by atoms with van der Waals surface area (Å²) in [4.78, 5) is 23.8. The van der Waals surface area contributed by atoms with Gasteiger partial charge >= 0.3 is 5.97 Å². The van der Waals surface area contributed by atoms with E-state index in [1.165, 1.54) is 14.2 Å². The van der Waals surface area contributed by atoms with Crippen LogP contribution in [-0.2, 0) is 22.4 Å². The van der Waals surface area contributed by atoms with Gasteiger partial charge < -0.3 is 19.9 Å². The molecule has 25 heavy (non-hydrogen) atoms. The minimum absolute atomic E-state index is 0.0360. The van der Waals surface area contributed by atoms with Crippen molar-refractivity contribution in [2.45, 2.75) is 18.9 Å². The minimum Gasteiger partial charge on any atom is -0.496 e. The summed E-state index contributed by atoms with van der Waals surface area (Å²) in [6.07, 6.45) is 0.177. The molecule has 0 aliphatic carbocycles. The zero-order valence-electron chi connectivity index (χ0n) is 14.2. The Bertz CT molecular complexity index is 708. The number of hydrogen-bond donors (Lipinski definition) is 2. The molecule has 0 saturated carbocycles. The van der Waals surface area contributed by atoms with Gasteiger partial charge in [-0.25, -0.2) is 4.79 Å². The molecule has 6 heteroatoms. The molecule has 2 aromatic rings. The van der Waals surface area contributed by atoms with Gasteiger partial charge in [-0.15, -0.1) is 0 Å². The van der Waals surface area contributed by atoms with Crippen LogP contribution in [0.5, 0.6) is 11.5 Å². The van der Waals surface area contributed by atoms with E-state index in [-0.39, 0.29) is 12.8 Å². The number of aliphatic carboxylic acids is 1. The molecular weight excluding hydrogens is 322 g/mol. The molecule has 0 aliphatic heterocycles. The van der Waals surface area contributed by atoms with E-state index in [1.807, 2.05) is 30.3 Å². The van der Waals surface area contributed by atoms with Gasteiger partial charge in [-0.05, 0) is 17.7 Å². The quantitative estimate of drug-likeness (QED) is 0.766. The molecule has 2 N–H and O–H groups in total. The lowest BCUT2D eigenvalue weighted by Gasteiger charge is -2.16. The fraction of sp³-hybridized carbons (Fsp3) is 0.263. The van der Waals surface area contributed by atoms with Crippen molar-refractivity contribution < 1.29 is 24.2 Å². The highest BCUT2D eigenvalue weighted by Crippen LogP contribution is 2.28. The molecule has 1 atom stereocenters. The Morgan fingerprint density at radius 3 is 2.12 bits per heavy atom. The highest BCUT2D eigenvalue weighted by molar-refractivity contribution is 5.86. The number of hydrogen-bond acceptors (Lipinski definition) is 4. The topological polar surface area (TPSA) is 84.9 Å². The summed E-state index contributed by atoms with van der Waals surface area (Å²) < 4.78 is 10.5. The Kier molecular flexibility index (Phi) is 6.39. The van der Waals surface area contributed by atoms with Crippen molar-refractivity contribution in [3.8, 4) is 11.5 Å². The number of carboxylic acids is 1. The fourth-order valence-electron chi connectivity index (χ4n) is 2.56. The number of nitrogens with one attached hydrogen (secondary N) is 1. The van der Waals surface area contributed by atoms with Gasteiger partial charge in [-0.3, -0.25) is 4.79 Å². The summed E-state index contributed by atoms with van der Waals surface area (Å²) in [7, 11) is 3.01. The molecule has 1 unspecified atom stereocenters. The number of carbonyl (C=O) groups is 2. The second kappa shape index (κ2) is 8.73. The highest BCUT2D eigenvalue weighted by Gasteiger charge is 2.22. The van der Waals surface area contributed by atoms with Gasteiger partial charge in [-0.2, -0.15) is 0 Å². The number of rotatable bonds is 8. The van der Waals surface area contributed by atoms with Crippen LogP contribution < -0.4 is 14.8 Å². The number of benzene rings is 2. The molecule has 0 radical (unpaired) electrons. The van der Waals surface area contributed by atoms with Crippen molar-refractivity contribution in [1.82, 2.24) is 5.32 Å². The van der Waals surface area contributed by atoms with E-state index < -0.39 is 17.9 Å². The van der Waals surface area contributed by atoms with Crippen LogP contribution in [-0.4, -0.2) is 37.2 Å². The van der Waals surface area contributed by atoms with Crippen LogP contribution >= 0.6 is 0 Å². The Morgan fingerprint density at radius 1 is 1.00 bits per heavy atom. The van der Waals surface area contributed by atoms with Crippen LogP contribution in [0.1, 0.15) is 11.1 Å². The van der Waals surface area contributed by atoms with E-state index >= 15 is 0 Å². The van der Waals surface area contributed by atoms with E-state index in [4.69, 9.17) is 9.47 Å². The SMILES string of the molecule is COc1cccc(OC)c1CC(=O)NC(Cc1ccccc1)C(=O)O. The van der Waals surface area contributed by atoms with Crippen LogP contribution in [0.3, 0.4) is 0 Å². The summed E-state index contributed by atoms with van der Waals surface area (Å²) in [5.74, 6) is -0.454. The van der Waals surface area contributed by atoms with Crippen molar-refractivity contribution in [2.75, 3.05) is 14.2 Å². The van der Waals surface area contributed by atoms with Gasteiger partial charge in [0.25, 0.3) is 0 Å². The second-order valence-corrected chi connectivity index (χ2v) is 5.47. The molecule has 0 saturated heterocycles. The molecule has 132 valence electrons. The number of carbonyl (C=O) groups excluding carboxylic acids is 1. The van der Waals surface area contributed by atoms with Gasteiger partial charge in [0.2, 0.25) is 5.91 Å². The Hall–Kier alpha value is -3.02. The minimum atomic E-state index is -1.08. The van der Waals surface area contributed by atoms with E-state index in [9.17, 15) is 14.7 Å². The van der Waals surface area contributed by atoms with E-state index in [0.717, 1.165) is 5.56 Å². The van der Waals surface area contributed by atoms with Gasteiger partial charge in [-0.1, -0.05) is 36.4 Å². The smallest absolute Gasteiger partial charge is 0.326 e. The van der Waals surface area contributed by atoms with Crippen molar-refractivity contribution in [3.05, 3.63) is 59.7 Å². The zero-order chi connectivity index (χ0) is 18.2. The molecule has 0 spiro atoms. The maximum absolute atomic E-state index is 12.4. The van der Waals surface area contributed by atoms with E-state index in [0.29, 0.717) is 17.1 Å². The first-order chi connectivity index (χ1) is 12.0. The summed E-state index contributed by atoms with van der Waals surface area (Å²) in [6, 6.07) is 13.4. The standard InChI is InChI=1S/C19H21NO5/c1-24-16-9-6-10-17(25-2)14(16)12-18(21)20-15(19(22)23)11-13-7-4-3-5-8-13/h3-10,15H,11-12H2,1-2H3,(H,20,21)(H,22,23). The molecule has 2 aromatic carbocycles. The Balaban J connectivity index is 2.11. The lowest BCUT2D eigenvalue weighted by atomic mass is 10.0. The third kappa shape index (κ3) is 4.97. The lowest BCUT2D eigenvalue weighted by molar-refractivity contribution is -0.141. The number of methoxy groups -OCH3 is 2. The zero-order valence-corrected chi connectivity index (χ0v) is 14.2. The van der Waals surface area contributed by atoms with Gasteiger partial charge in [0.15, 0.2) is 0 Å². The van der Waals surface area contributed by atoms with Crippen molar-refractivity contribution in [2.24, 2.45) is 0 Å². The van der Waals surface area contributed by atoms with Crippen LogP contribution in [0.25, 0.3) is 0 Å². The maximum atomic E-state index is 12.4. The first-order valence-electron chi connectivity index (χ1n) is 7.81. The molecule has 6 nitrogen and oxygen atoms in total. The third-order valence-corrected chi connectivity index (χ3v) is 3.78. The van der Waals surface area contributed by atoms with Crippen LogP contribution in [0.2, 0.25) is 0 Å². The molecule has 0 fully saturated rings. The predicted molar refractivity (Wildman–Crippen MR) is 93.0 cm³/mol. The van der Waals surface area contributed by atoms with Crippen molar-refractivity contribution in [1.29, 1.82) is 0 Å². The summed E-state index contributed by atoms with van der Waals surface area (Å²) in [6.45, 7) is 0. The van der Waals surface area contributed by atoms with E-state index in [2.05, 4.69) is 5.32 Å². The summed E-state index contributed by atoms with van der Waals surface area (Å²) >= 11 is 0. The predicted octanol–water partition coefficient (Wildman–Crippen LogP) is 2.06. The molecule has 2 rings (SSSR count). The fourth-order valence-corrected chi connectivity index (χ4v) is 2.56. The molecule has 0 bridgehead atoms. The monoisotopic (exact) mass is 343 g/mol. The molecule has 1 amide bonds.